The predicted molar refractivity (Wildman–Crippen MR) is 154 cm³/mol. The third kappa shape index (κ3) is 6.83. The Morgan fingerprint density at radius 3 is 1.39 bits per heavy atom. The molecule has 0 aromatic heterocycles. The summed E-state index contributed by atoms with van der Waals surface area (Å²) >= 11 is 12.3. The minimum atomic E-state index is -0.210. The normalized spacial score (nSPS) is 19.4. The standard InChI is InChI=1S/C30H40Cl2N2O2/c1-29(2,3)23-13-19(15-31)11-21(27(23)35)17-33-25-9-7-8-10-26(25)34-18-22-12-20(16-32)14-24(28(22)36)30(4,5)6/h11-14,17-18,25-26,35-36H,7-10,15-16H2,1-6H3/t25-,26+. The van der Waals surface area contributed by atoms with E-state index in [1.807, 2.05) is 24.3 Å². The van der Waals surface area contributed by atoms with Gasteiger partial charge in [-0.2, -0.15) is 0 Å². The molecule has 3 rings (SSSR count). The molecule has 1 aliphatic rings. The van der Waals surface area contributed by atoms with Crippen LogP contribution in [-0.4, -0.2) is 34.7 Å². The van der Waals surface area contributed by atoms with E-state index in [0.717, 1.165) is 47.9 Å². The van der Waals surface area contributed by atoms with E-state index in [1.165, 1.54) is 0 Å². The molecule has 0 aliphatic heterocycles. The number of phenols is 2. The van der Waals surface area contributed by atoms with Gasteiger partial charge in [0.05, 0.1) is 12.1 Å². The summed E-state index contributed by atoms with van der Waals surface area (Å²) in [6.07, 6.45) is 7.61. The van der Waals surface area contributed by atoms with Gasteiger partial charge in [0.25, 0.3) is 0 Å². The van der Waals surface area contributed by atoms with Crippen molar-refractivity contribution in [1.82, 2.24) is 0 Å². The number of benzene rings is 2. The topological polar surface area (TPSA) is 65.2 Å². The van der Waals surface area contributed by atoms with Crippen molar-refractivity contribution in [3.05, 3.63) is 57.6 Å². The number of alkyl halides is 2. The van der Waals surface area contributed by atoms with Crippen LogP contribution in [0.4, 0.5) is 0 Å². The molecule has 2 aromatic carbocycles. The van der Waals surface area contributed by atoms with Gasteiger partial charge in [-0.15, -0.1) is 23.2 Å². The van der Waals surface area contributed by atoms with Crippen molar-refractivity contribution < 1.29 is 10.2 Å². The Balaban J connectivity index is 1.92. The average Bonchev–Trinajstić information content (AvgIpc) is 2.81. The van der Waals surface area contributed by atoms with Crippen molar-refractivity contribution >= 4 is 35.6 Å². The van der Waals surface area contributed by atoms with E-state index in [4.69, 9.17) is 33.2 Å². The molecule has 2 N–H and O–H groups in total. The van der Waals surface area contributed by atoms with Crippen molar-refractivity contribution in [2.45, 2.75) is 102 Å². The maximum absolute atomic E-state index is 11.0. The molecule has 0 unspecified atom stereocenters. The molecule has 36 heavy (non-hydrogen) atoms. The lowest BCUT2D eigenvalue weighted by Gasteiger charge is -2.26. The molecule has 2 atom stereocenters. The molecular formula is C30H40Cl2N2O2. The van der Waals surface area contributed by atoms with E-state index in [0.29, 0.717) is 22.9 Å². The van der Waals surface area contributed by atoms with Crippen molar-refractivity contribution in [1.29, 1.82) is 0 Å². The van der Waals surface area contributed by atoms with Gasteiger partial charge in [0.2, 0.25) is 0 Å². The van der Waals surface area contributed by atoms with E-state index in [-0.39, 0.29) is 34.4 Å². The zero-order valence-electron chi connectivity index (χ0n) is 22.4. The number of hydrogen-bond acceptors (Lipinski definition) is 4. The molecule has 0 amide bonds. The molecule has 0 bridgehead atoms. The second kappa shape index (κ2) is 11.6. The fourth-order valence-corrected chi connectivity index (χ4v) is 5.03. The molecule has 196 valence electrons. The fraction of sp³-hybridized carbons (Fsp3) is 0.533. The van der Waals surface area contributed by atoms with Crippen molar-refractivity contribution in [2.75, 3.05) is 0 Å². The van der Waals surface area contributed by atoms with Crippen LogP contribution in [0.5, 0.6) is 11.5 Å². The van der Waals surface area contributed by atoms with Crippen LogP contribution < -0.4 is 0 Å². The Bertz CT molecular complexity index is 1040. The molecule has 0 radical (unpaired) electrons. The SMILES string of the molecule is CC(C)(C)c1cc(CCl)cc(C=N[C@H]2CCCC[C@H]2N=Cc2cc(CCl)cc(C(C)(C)C)c2O)c1O. The molecule has 0 saturated heterocycles. The Kier molecular flexibility index (Phi) is 9.16. The highest BCUT2D eigenvalue weighted by molar-refractivity contribution is 6.17. The van der Waals surface area contributed by atoms with Gasteiger partial charge in [0.1, 0.15) is 11.5 Å². The Morgan fingerprint density at radius 1 is 0.722 bits per heavy atom. The Morgan fingerprint density at radius 2 is 1.08 bits per heavy atom. The van der Waals surface area contributed by atoms with Gasteiger partial charge in [0.15, 0.2) is 0 Å². The lowest BCUT2D eigenvalue weighted by molar-refractivity contribution is 0.390. The zero-order chi connectivity index (χ0) is 26.7. The summed E-state index contributed by atoms with van der Waals surface area (Å²) in [7, 11) is 0. The first-order valence-corrected chi connectivity index (χ1v) is 13.8. The van der Waals surface area contributed by atoms with Crippen LogP contribution >= 0.6 is 23.2 Å². The number of rotatable bonds is 6. The summed E-state index contributed by atoms with van der Waals surface area (Å²) in [4.78, 5) is 9.79. The highest BCUT2D eigenvalue weighted by Crippen LogP contribution is 2.36. The minimum Gasteiger partial charge on any atom is -0.507 e. The monoisotopic (exact) mass is 530 g/mol. The molecular weight excluding hydrogens is 491 g/mol. The zero-order valence-corrected chi connectivity index (χ0v) is 23.9. The van der Waals surface area contributed by atoms with Gasteiger partial charge in [0, 0.05) is 46.4 Å². The average molecular weight is 532 g/mol. The number of halogens is 2. The van der Waals surface area contributed by atoms with Crippen LogP contribution in [-0.2, 0) is 22.6 Å². The second-order valence-electron chi connectivity index (χ2n) is 11.9. The first-order chi connectivity index (χ1) is 16.8. The largest absolute Gasteiger partial charge is 0.507 e. The predicted octanol–water partition coefficient (Wildman–Crippen LogP) is 8.02. The Labute approximate surface area is 226 Å². The van der Waals surface area contributed by atoms with Gasteiger partial charge in [-0.05, 0) is 46.9 Å². The van der Waals surface area contributed by atoms with Gasteiger partial charge in [-0.3, -0.25) is 9.98 Å². The van der Waals surface area contributed by atoms with Gasteiger partial charge in [-0.1, -0.05) is 66.5 Å². The number of aromatic hydroxyl groups is 2. The molecule has 1 aliphatic carbocycles. The van der Waals surface area contributed by atoms with Crippen LogP contribution in [0, 0.1) is 0 Å². The van der Waals surface area contributed by atoms with E-state index in [2.05, 4.69) is 41.5 Å². The third-order valence-corrected chi connectivity index (χ3v) is 7.44. The smallest absolute Gasteiger partial charge is 0.128 e. The molecule has 1 fully saturated rings. The fourth-order valence-electron chi connectivity index (χ4n) is 4.72. The van der Waals surface area contributed by atoms with Crippen LogP contribution in [0.1, 0.15) is 101 Å². The number of phenolic OH excluding ortho intramolecular Hbond substituents is 2. The number of hydrogen-bond donors (Lipinski definition) is 2. The number of aliphatic imine (C=N–C) groups is 2. The quantitative estimate of drug-likeness (QED) is 0.293. The number of nitrogens with zero attached hydrogens (tertiary/aromatic N) is 2. The summed E-state index contributed by atoms with van der Waals surface area (Å²) in [5, 5.41) is 21.9. The van der Waals surface area contributed by atoms with Crippen molar-refractivity contribution in [2.24, 2.45) is 9.98 Å². The molecule has 0 spiro atoms. The van der Waals surface area contributed by atoms with Gasteiger partial charge >= 0.3 is 0 Å². The molecule has 1 saturated carbocycles. The van der Waals surface area contributed by atoms with Crippen LogP contribution in [0.25, 0.3) is 0 Å². The van der Waals surface area contributed by atoms with E-state index < -0.39 is 0 Å². The summed E-state index contributed by atoms with van der Waals surface area (Å²) < 4.78 is 0. The molecule has 0 heterocycles. The molecule has 4 nitrogen and oxygen atoms in total. The van der Waals surface area contributed by atoms with Crippen molar-refractivity contribution in [3.63, 3.8) is 0 Å². The summed E-state index contributed by atoms with van der Waals surface area (Å²) in [5.74, 6) is 1.27. The Hall–Kier alpha value is -2.04. The van der Waals surface area contributed by atoms with Crippen molar-refractivity contribution in [3.8, 4) is 11.5 Å². The lowest BCUT2D eigenvalue weighted by atomic mass is 9.84. The maximum Gasteiger partial charge on any atom is 0.128 e. The molecule has 6 heteroatoms. The highest BCUT2D eigenvalue weighted by Gasteiger charge is 2.25. The van der Waals surface area contributed by atoms with E-state index in [9.17, 15) is 10.2 Å². The minimum absolute atomic E-state index is 0.00702. The second-order valence-corrected chi connectivity index (χ2v) is 12.4. The summed E-state index contributed by atoms with van der Waals surface area (Å²) in [6, 6.07) is 7.78. The summed E-state index contributed by atoms with van der Waals surface area (Å²) in [6.45, 7) is 12.5. The maximum atomic E-state index is 11.0. The first kappa shape index (κ1) is 28.5. The van der Waals surface area contributed by atoms with E-state index in [1.54, 1.807) is 12.4 Å². The van der Waals surface area contributed by atoms with Crippen LogP contribution in [0.15, 0.2) is 34.3 Å². The lowest BCUT2D eigenvalue weighted by Crippen LogP contribution is -2.27. The first-order valence-electron chi connectivity index (χ1n) is 12.8. The van der Waals surface area contributed by atoms with Gasteiger partial charge in [-0.25, -0.2) is 0 Å². The summed E-state index contributed by atoms with van der Waals surface area (Å²) in [5.41, 5.74) is 4.61. The van der Waals surface area contributed by atoms with Crippen LogP contribution in [0.2, 0.25) is 0 Å². The highest BCUT2D eigenvalue weighted by atomic mass is 35.5. The molecule has 2 aromatic rings. The van der Waals surface area contributed by atoms with Gasteiger partial charge < -0.3 is 10.2 Å². The third-order valence-electron chi connectivity index (χ3n) is 6.83. The van der Waals surface area contributed by atoms with E-state index >= 15 is 0 Å². The van der Waals surface area contributed by atoms with Crippen LogP contribution in [0.3, 0.4) is 0 Å².